The highest BCUT2D eigenvalue weighted by molar-refractivity contribution is 7.23. The lowest BCUT2D eigenvalue weighted by Gasteiger charge is -2.07. The second-order valence-electron chi connectivity index (χ2n) is 6.19. The Balaban J connectivity index is 1.63. The maximum atomic E-state index is 12.7. The Hall–Kier alpha value is -3.44. The monoisotopic (exact) mass is 387 g/mol. The molecule has 4 rings (SSSR count). The van der Waals surface area contributed by atoms with Crippen molar-refractivity contribution in [2.75, 3.05) is 12.4 Å². The third kappa shape index (κ3) is 3.40. The van der Waals surface area contributed by atoms with Crippen LogP contribution in [-0.4, -0.2) is 19.0 Å². The topological polar surface area (TPSA) is 55.4 Å². The third-order valence-corrected chi connectivity index (χ3v) is 5.55. The van der Waals surface area contributed by atoms with E-state index in [1.165, 1.54) is 18.4 Å². The van der Waals surface area contributed by atoms with Crippen molar-refractivity contribution in [2.45, 2.75) is 0 Å². The number of nitrogens with one attached hydrogen (secondary N) is 1. The van der Waals surface area contributed by atoms with Crippen LogP contribution in [0.3, 0.4) is 0 Å². The van der Waals surface area contributed by atoms with Crippen molar-refractivity contribution in [3.05, 3.63) is 90.0 Å². The van der Waals surface area contributed by atoms with Gasteiger partial charge in [-0.2, -0.15) is 0 Å². The van der Waals surface area contributed by atoms with Gasteiger partial charge in [0.25, 0.3) is 5.91 Å². The number of thiophene rings is 1. The Bertz CT molecular complexity index is 1150. The Morgan fingerprint density at radius 2 is 1.46 bits per heavy atom. The largest absolute Gasteiger partial charge is 0.465 e. The molecule has 0 radical (unpaired) electrons. The highest BCUT2D eigenvalue weighted by Gasteiger charge is 2.21. The number of fused-ring (bicyclic) bond motifs is 1. The van der Waals surface area contributed by atoms with Crippen molar-refractivity contribution >= 4 is 38.3 Å². The molecule has 0 aliphatic carbocycles. The average Bonchev–Trinajstić information content (AvgIpc) is 3.11. The summed E-state index contributed by atoms with van der Waals surface area (Å²) < 4.78 is 5.83. The molecule has 0 spiro atoms. The lowest BCUT2D eigenvalue weighted by Crippen LogP contribution is -2.13. The molecule has 1 amide bonds. The minimum atomic E-state index is -0.466. The summed E-state index contributed by atoms with van der Waals surface area (Å²) in [6.07, 6.45) is 0. The van der Waals surface area contributed by atoms with Crippen LogP contribution >= 0.6 is 11.3 Å². The number of benzene rings is 3. The number of amides is 1. The fourth-order valence-electron chi connectivity index (χ4n) is 3.06. The molecule has 1 heterocycles. The van der Waals surface area contributed by atoms with Crippen LogP contribution in [0.5, 0.6) is 0 Å². The minimum absolute atomic E-state index is 0.267. The maximum absolute atomic E-state index is 12.7. The molecule has 0 unspecified atom stereocenters. The summed E-state index contributed by atoms with van der Waals surface area (Å²) in [5, 5.41) is 4.13. The van der Waals surface area contributed by atoms with Crippen molar-refractivity contribution in [2.24, 2.45) is 0 Å². The van der Waals surface area contributed by atoms with Gasteiger partial charge in [0.15, 0.2) is 0 Å². The number of hydrogen-bond donors (Lipinski definition) is 1. The van der Waals surface area contributed by atoms with E-state index in [1.54, 1.807) is 12.1 Å². The van der Waals surface area contributed by atoms with E-state index in [9.17, 15) is 9.59 Å². The molecular weight excluding hydrogens is 370 g/mol. The molecule has 0 saturated carbocycles. The summed E-state index contributed by atoms with van der Waals surface area (Å²) in [6, 6.07) is 24.9. The van der Waals surface area contributed by atoms with Gasteiger partial charge < -0.3 is 10.1 Å². The summed E-state index contributed by atoms with van der Waals surface area (Å²) in [4.78, 5) is 25.0. The van der Waals surface area contributed by atoms with Crippen molar-refractivity contribution in [3.8, 4) is 11.1 Å². The SMILES string of the molecule is COC(=O)c1c(NC(=O)c2ccc(-c3ccccc3)cc2)sc2ccccc12. The predicted octanol–water partition coefficient (Wildman–Crippen LogP) is 5.61. The van der Waals surface area contributed by atoms with Crippen LogP contribution in [0.15, 0.2) is 78.9 Å². The number of hydrogen-bond acceptors (Lipinski definition) is 4. The first-order valence-electron chi connectivity index (χ1n) is 8.74. The van der Waals surface area contributed by atoms with E-state index in [1.807, 2.05) is 66.7 Å². The molecule has 4 nitrogen and oxygen atoms in total. The number of esters is 1. The average molecular weight is 387 g/mol. The molecule has 1 aromatic heterocycles. The van der Waals surface area contributed by atoms with Gasteiger partial charge in [-0.05, 0) is 29.3 Å². The molecular formula is C23H17NO3S. The van der Waals surface area contributed by atoms with E-state index in [-0.39, 0.29) is 5.91 Å². The summed E-state index contributed by atoms with van der Waals surface area (Å²) in [5.74, 6) is -0.733. The number of carbonyl (C=O) groups excluding carboxylic acids is 2. The summed E-state index contributed by atoms with van der Waals surface area (Å²) >= 11 is 1.36. The lowest BCUT2D eigenvalue weighted by atomic mass is 10.0. The molecule has 5 heteroatoms. The maximum Gasteiger partial charge on any atom is 0.341 e. The van der Waals surface area contributed by atoms with Crippen molar-refractivity contribution in [1.29, 1.82) is 0 Å². The molecule has 0 aliphatic rings. The first kappa shape index (κ1) is 17.9. The first-order valence-corrected chi connectivity index (χ1v) is 9.55. The fourth-order valence-corrected chi connectivity index (χ4v) is 4.14. The molecule has 0 bridgehead atoms. The molecule has 3 aromatic carbocycles. The summed E-state index contributed by atoms with van der Waals surface area (Å²) in [6.45, 7) is 0. The van der Waals surface area contributed by atoms with E-state index >= 15 is 0 Å². The highest BCUT2D eigenvalue weighted by Crippen LogP contribution is 2.36. The van der Waals surface area contributed by atoms with Crippen LogP contribution < -0.4 is 5.32 Å². The van der Waals surface area contributed by atoms with Gasteiger partial charge in [0.05, 0.1) is 7.11 Å². The van der Waals surface area contributed by atoms with E-state index in [4.69, 9.17) is 4.74 Å². The van der Waals surface area contributed by atoms with E-state index in [2.05, 4.69) is 5.32 Å². The van der Waals surface area contributed by atoms with Gasteiger partial charge in [0.2, 0.25) is 0 Å². The Labute approximate surface area is 166 Å². The quantitative estimate of drug-likeness (QED) is 0.463. The van der Waals surface area contributed by atoms with Crippen LogP contribution in [0.1, 0.15) is 20.7 Å². The zero-order valence-electron chi connectivity index (χ0n) is 15.1. The van der Waals surface area contributed by atoms with Gasteiger partial charge >= 0.3 is 5.97 Å². The van der Waals surface area contributed by atoms with Crippen molar-refractivity contribution in [1.82, 2.24) is 0 Å². The number of carbonyl (C=O) groups is 2. The standard InChI is InChI=1S/C23H17NO3S/c1-27-23(26)20-18-9-5-6-10-19(18)28-22(20)24-21(25)17-13-11-16(12-14-17)15-7-3-2-4-8-15/h2-14H,1H3,(H,24,25). The third-order valence-electron chi connectivity index (χ3n) is 4.47. The van der Waals surface area contributed by atoms with Gasteiger partial charge in [-0.1, -0.05) is 60.7 Å². The van der Waals surface area contributed by atoms with Gasteiger partial charge in [0.1, 0.15) is 10.6 Å². The van der Waals surface area contributed by atoms with Crippen LogP contribution in [0.25, 0.3) is 21.2 Å². The zero-order valence-corrected chi connectivity index (χ0v) is 16.0. The first-order chi connectivity index (χ1) is 13.7. The van der Waals surface area contributed by atoms with Gasteiger partial charge in [0, 0.05) is 15.6 Å². The Morgan fingerprint density at radius 1 is 0.821 bits per heavy atom. The van der Waals surface area contributed by atoms with E-state index in [0.717, 1.165) is 21.2 Å². The normalized spacial score (nSPS) is 10.6. The van der Waals surface area contributed by atoms with Gasteiger partial charge in [-0.15, -0.1) is 11.3 Å². The number of methoxy groups -OCH3 is 1. The molecule has 4 aromatic rings. The Kier molecular flexibility index (Phi) is 4.91. The minimum Gasteiger partial charge on any atom is -0.465 e. The Morgan fingerprint density at radius 3 is 2.18 bits per heavy atom. The van der Waals surface area contributed by atoms with Crippen LogP contribution in [0, 0.1) is 0 Å². The number of anilines is 1. The van der Waals surface area contributed by atoms with Gasteiger partial charge in [-0.3, -0.25) is 4.79 Å². The van der Waals surface area contributed by atoms with Gasteiger partial charge in [-0.25, -0.2) is 4.79 Å². The molecule has 28 heavy (non-hydrogen) atoms. The summed E-state index contributed by atoms with van der Waals surface area (Å²) in [7, 11) is 1.34. The highest BCUT2D eigenvalue weighted by atomic mass is 32.1. The predicted molar refractivity (Wildman–Crippen MR) is 113 cm³/mol. The number of ether oxygens (including phenoxy) is 1. The van der Waals surface area contributed by atoms with Crippen LogP contribution in [0.4, 0.5) is 5.00 Å². The second-order valence-corrected chi connectivity index (χ2v) is 7.24. The lowest BCUT2D eigenvalue weighted by molar-refractivity contribution is 0.0604. The zero-order chi connectivity index (χ0) is 19.5. The molecule has 138 valence electrons. The fraction of sp³-hybridized carbons (Fsp3) is 0.0435. The molecule has 0 atom stereocenters. The molecule has 0 aliphatic heterocycles. The molecule has 0 saturated heterocycles. The van der Waals surface area contributed by atoms with Crippen molar-refractivity contribution in [3.63, 3.8) is 0 Å². The molecule has 0 fully saturated rings. The smallest absolute Gasteiger partial charge is 0.341 e. The number of rotatable bonds is 4. The van der Waals surface area contributed by atoms with Crippen molar-refractivity contribution < 1.29 is 14.3 Å². The van der Waals surface area contributed by atoms with E-state index < -0.39 is 5.97 Å². The van der Waals surface area contributed by atoms with Crippen LogP contribution in [0.2, 0.25) is 0 Å². The molecule has 1 N–H and O–H groups in total. The second kappa shape index (κ2) is 7.66. The summed E-state index contributed by atoms with van der Waals surface area (Å²) in [5.41, 5.74) is 3.03. The van der Waals surface area contributed by atoms with E-state index in [0.29, 0.717) is 16.1 Å². The van der Waals surface area contributed by atoms with Crippen LogP contribution in [-0.2, 0) is 4.74 Å².